The molecule has 18 heavy (non-hydrogen) atoms. The first-order valence-corrected chi connectivity index (χ1v) is 7.30. The van der Waals surface area contributed by atoms with Crippen molar-refractivity contribution in [2.45, 2.75) is 57.9 Å². The zero-order valence-corrected chi connectivity index (χ0v) is 12.2. The lowest BCUT2D eigenvalue weighted by molar-refractivity contribution is 0.266. The van der Waals surface area contributed by atoms with Crippen molar-refractivity contribution in [2.24, 2.45) is 0 Å². The maximum atomic E-state index is 2.50. The van der Waals surface area contributed by atoms with Gasteiger partial charge in [0.15, 0.2) is 0 Å². The van der Waals surface area contributed by atoms with Crippen LogP contribution in [0.25, 0.3) is 0 Å². The van der Waals surface area contributed by atoms with Crippen LogP contribution in [-0.2, 0) is 18.4 Å². The van der Waals surface area contributed by atoms with E-state index in [1.165, 1.54) is 31.4 Å². The Morgan fingerprint density at radius 3 is 2.61 bits per heavy atom. The van der Waals surface area contributed by atoms with Gasteiger partial charge in [0.25, 0.3) is 0 Å². The third kappa shape index (κ3) is 1.99. The van der Waals surface area contributed by atoms with Gasteiger partial charge in [-0.15, -0.1) is 0 Å². The second kappa shape index (κ2) is 4.09. The third-order valence-corrected chi connectivity index (χ3v) is 4.60. The molecule has 2 aliphatic rings. The predicted molar refractivity (Wildman–Crippen MR) is 77.2 cm³/mol. The van der Waals surface area contributed by atoms with Gasteiger partial charge in [-0.3, -0.25) is 0 Å². The van der Waals surface area contributed by atoms with E-state index in [4.69, 9.17) is 0 Å². The highest BCUT2D eigenvalue weighted by atomic mass is 15.1. The number of rotatable bonds is 0. The van der Waals surface area contributed by atoms with Crippen molar-refractivity contribution in [1.29, 1.82) is 0 Å². The number of likely N-dealkylation sites (N-methyl/N-ethyl adjacent to an activating group) is 1. The van der Waals surface area contributed by atoms with Gasteiger partial charge in [-0.25, -0.2) is 0 Å². The van der Waals surface area contributed by atoms with Gasteiger partial charge in [-0.2, -0.15) is 0 Å². The molecule has 1 nitrogen and oxygen atoms in total. The van der Waals surface area contributed by atoms with Crippen LogP contribution in [0.1, 0.15) is 61.8 Å². The Hall–Kier alpha value is -0.820. The van der Waals surface area contributed by atoms with Crippen molar-refractivity contribution in [3.63, 3.8) is 0 Å². The van der Waals surface area contributed by atoms with Gasteiger partial charge < -0.3 is 4.90 Å². The molecule has 1 aliphatic heterocycles. The molecule has 1 aromatic carbocycles. The average Bonchev–Trinajstić information content (AvgIpc) is 2.27. The van der Waals surface area contributed by atoms with Crippen molar-refractivity contribution in [3.05, 3.63) is 34.4 Å². The average molecular weight is 243 g/mol. The molecular weight excluding hydrogens is 218 g/mol. The summed E-state index contributed by atoms with van der Waals surface area (Å²) in [5.74, 6) is 0.802. The summed E-state index contributed by atoms with van der Waals surface area (Å²) in [6, 6.07) is 4.98. The van der Waals surface area contributed by atoms with Crippen molar-refractivity contribution >= 4 is 0 Å². The minimum atomic E-state index is 0.272. The van der Waals surface area contributed by atoms with Gasteiger partial charge >= 0.3 is 0 Å². The lowest BCUT2D eigenvalue weighted by Gasteiger charge is -2.38. The summed E-state index contributed by atoms with van der Waals surface area (Å²) in [7, 11) is 2.26. The molecular formula is C17H25N. The van der Waals surface area contributed by atoms with Crippen LogP contribution in [0.15, 0.2) is 12.1 Å². The fraction of sp³-hybridized carbons (Fsp3) is 0.647. The smallest absolute Gasteiger partial charge is 0.0233 e. The zero-order valence-electron chi connectivity index (χ0n) is 12.2. The quantitative estimate of drug-likeness (QED) is 0.669. The van der Waals surface area contributed by atoms with Crippen molar-refractivity contribution in [2.75, 3.05) is 13.6 Å². The maximum Gasteiger partial charge on any atom is 0.0233 e. The molecule has 1 aromatic rings. The van der Waals surface area contributed by atoms with Gasteiger partial charge in [0.1, 0.15) is 0 Å². The normalized spacial score (nSPS) is 23.9. The van der Waals surface area contributed by atoms with Crippen LogP contribution in [0.5, 0.6) is 0 Å². The summed E-state index contributed by atoms with van der Waals surface area (Å²) >= 11 is 0. The largest absolute Gasteiger partial charge is 0.301 e. The molecule has 1 heterocycles. The van der Waals surface area contributed by atoms with E-state index < -0.39 is 0 Å². The molecule has 1 heteroatoms. The predicted octanol–water partition coefficient (Wildman–Crippen LogP) is 3.85. The van der Waals surface area contributed by atoms with E-state index in [-0.39, 0.29) is 5.41 Å². The van der Waals surface area contributed by atoms with E-state index in [0.29, 0.717) is 0 Å². The summed E-state index contributed by atoms with van der Waals surface area (Å²) in [5.41, 5.74) is 6.77. The molecule has 0 bridgehead atoms. The molecule has 1 aliphatic carbocycles. The fourth-order valence-electron chi connectivity index (χ4n) is 3.67. The number of hydrogen-bond donors (Lipinski definition) is 0. The van der Waals surface area contributed by atoms with Gasteiger partial charge in [-0.1, -0.05) is 32.9 Å². The van der Waals surface area contributed by atoms with E-state index in [2.05, 4.69) is 44.9 Å². The molecule has 0 N–H and O–H groups in total. The molecule has 1 unspecified atom stereocenters. The van der Waals surface area contributed by atoms with Crippen LogP contribution in [0.4, 0.5) is 0 Å². The van der Waals surface area contributed by atoms with Crippen LogP contribution in [-0.4, -0.2) is 18.5 Å². The monoisotopic (exact) mass is 243 g/mol. The number of benzene rings is 1. The highest BCUT2D eigenvalue weighted by Crippen LogP contribution is 2.40. The highest BCUT2D eigenvalue weighted by molar-refractivity contribution is 5.46. The minimum absolute atomic E-state index is 0.272. The molecule has 0 saturated carbocycles. The summed E-state index contributed by atoms with van der Waals surface area (Å²) in [6.07, 6.45) is 4.06. The van der Waals surface area contributed by atoms with Crippen molar-refractivity contribution in [3.8, 4) is 0 Å². The van der Waals surface area contributed by atoms with Crippen molar-refractivity contribution in [1.82, 2.24) is 4.90 Å². The Morgan fingerprint density at radius 2 is 1.89 bits per heavy atom. The summed E-state index contributed by atoms with van der Waals surface area (Å²) in [4.78, 5) is 2.49. The van der Waals surface area contributed by atoms with Crippen LogP contribution in [0.2, 0.25) is 0 Å². The third-order valence-electron chi connectivity index (χ3n) is 4.60. The van der Waals surface area contributed by atoms with Gasteiger partial charge in [0, 0.05) is 13.1 Å². The Bertz CT molecular complexity index is 467. The summed E-state index contributed by atoms with van der Waals surface area (Å²) in [5, 5.41) is 0. The second-order valence-corrected chi connectivity index (χ2v) is 7.24. The molecule has 0 fully saturated rings. The first kappa shape index (κ1) is 12.2. The molecule has 0 radical (unpaired) electrons. The van der Waals surface area contributed by atoms with Gasteiger partial charge in [0.05, 0.1) is 0 Å². The standard InChI is InChI=1S/C17H25N/c1-17(2,3)15-8-12-6-5-7-13-10-18(4)11-14(9-15)16(12)13/h8-9,13H,5-7,10-11H2,1-4H3. The molecule has 3 rings (SSSR count). The van der Waals surface area contributed by atoms with Crippen LogP contribution in [0, 0.1) is 0 Å². The number of aryl methyl sites for hydroxylation is 1. The topological polar surface area (TPSA) is 3.24 Å². The van der Waals surface area contributed by atoms with E-state index in [9.17, 15) is 0 Å². The van der Waals surface area contributed by atoms with E-state index >= 15 is 0 Å². The Morgan fingerprint density at radius 1 is 1.17 bits per heavy atom. The van der Waals surface area contributed by atoms with E-state index in [0.717, 1.165) is 12.5 Å². The summed E-state index contributed by atoms with van der Waals surface area (Å²) < 4.78 is 0. The molecule has 1 atom stereocenters. The zero-order chi connectivity index (χ0) is 12.9. The minimum Gasteiger partial charge on any atom is -0.301 e. The van der Waals surface area contributed by atoms with Gasteiger partial charge in [-0.05, 0) is 59.9 Å². The fourth-order valence-corrected chi connectivity index (χ4v) is 3.67. The maximum absolute atomic E-state index is 2.50. The molecule has 0 amide bonds. The number of nitrogens with zero attached hydrogens (tertiary/aromatic N) is 1. The molecule has 0 saturated heterocycles. The Labute approximate surface area is 111 Å². The first-order valence-electron chi connectivity index (χ1n) is 7.30. The van der Waals surface area contributed by atoms with Crippen LogP contribution < -0.4 is 0 Å². The van der Waals surface area contributed by atoms with E-state index in [1.807, 2.05) is 0 Å². The molecule has 98 valence electrons. The van der Waals surface area contributed by atoms with Crippen LogP contribution >= 0.6 is 0 Å². The lowest BCUT2D eigenvalue weighted by Crippen LogP contribution is -2.33. The highest BCUT2D eigenvalue weighted by Gasteiger charge is 2.30. The lowest BCUT2D eigenvalue weighted by atomic mass is 9.74. The van der Waals surface area contributed by atoms with Crippen molar-refractivity contribution < 1.29 is 0 Å². The first-order chi connectivity index (χ1) is 8.45. The SMILES string of the molecule is CN1Cc2cc(C(C)(C)C)cc3c2C(CCC3)C1. The molecule has 0 spiro atoms. The Balaban J connectivity index is 2.14. The van der Waals surface area contributed by atoms with E-state index in [1.54, 1.807) is 16.7 Å². The second-order valence-electron chi connectivity index (χ2n) is 7.24. The van der Waals surface area contributed by atoms with Gasteiger partial charge in [0.2, 0.25) is 0 Å². The summed E-state index contributed by atoms with van der Waals surface area (Å²) in [6.45, 7) is 9.38. The molecule has 0 aromatic heterocycles. The number of hydrogen-bond acceptors (Lipinski definition) is 1. The van der Waals surface area contributed by atoms with Crippen LogP contribution in [0.3, 0.4) is 0 Å². The Kier molecular flexibility index (Phi) is 2.78.